The molecule has 0 N–H and O–H groups in total. The Morgan fingerprint density at radius 3 is 2.00 bits per heavy atom. The number of aromatic nitrogens is 2. The Bertz CT molecular complexity index is 2930. The van der Waals surface area contributed by atoms with Crippen LogP contribution >= 0.6 is 0 Å². The van der Waals surface area contributed by atoms with E-state index in [9.17, 15) is 0 Å². The number of nitrogens with zero attached hydrogens (tertiary/aromatic N) is 2. The van der Waals surface area contributed by atoms with Gasteiger partial charge in [0.05, 0.1) is 27.8 Å². The van der Waals surface area contributed by atoms with E-state index >= 15 is 0 Å². The summed E-state index contributed by atoms with van der Waals surface area (Å²) >= 11 is 0. The minimum Gasteiger partial charge on any atom is -0.313 e. The third-order valence-corrected chi connectivity index (χ3v) is 10.9. The summed E-state index contributed by atoms with van der Waals surface area (Å²) in [7, 11) is 0. The standard InChI is InChI=1S/C42H28N2.C7H8.C3H8/c1-26(27-12-3-2-4-13-27)43-38-23-22-28-14-5-6-15-29(28)41(38)36-25-39-35(24-40(36)43)31-17-8-7-16-30(31)33-19-11-20-34-32-18-9-10-21-37(32)44(39)42(33)34;1-7-5-3-2-4-6-7;1-3-2/h2-12,14-25,27H,1,13H2;2-6H,1H3;3H2,1-2H3. The Labute approximate surface area is 317 Å². The maximum atomic E-state index is 4.75. The lowest BCUT2D eigenvalue weighted by Crippen LogP contribution is -2.07. The lowest BCUT2D eigenvalue weighted by molar-refractivity contribution is 0.805. The molecule has 1 unspecified atom stereocenters. The molecule has 0 spiro atoms. The fourth-order valence-corrected chi connectivity index (χ4v) is 8.50. The summed E-state index contributed by atoms with van der Waals surface area (Å²) in [6, 6.07) is 53.1. The van der Waals surface area contributed by atoms with Gasteiger partial charge in [-0.25, -0.2) is 0 Å². The van der Waals surface area contributed by atoms with Crippen LogP contribution in [-0.4, -0.2) is 9.13 Å². The van der Waals surface area contributed by atoms with Gasteiger partial charge in [0.15, 0.2) is 0 Å². The summed E-state index contributed by atoms with van der Waals surface area (Å²) in [6.45, 7) is 11.1. The van der Waals surface area contributed by atoms with Crippen LogP contribution in [0.15, 0.2) is 176 Å². The van der Waals surface area contributed by atoms with Crippen molar-refractivity contribution < 1.29 is 0 Å². The van der Waals surface area contributed by atoms with Crippen molar-refractivity contribution in [3.63, 3.8) is 0 Å². The molecule has 0 saturated heterocycles. The Morgan fingerprint density at radius 1 is 0.593 bits per heavy atom. The predicted molar refractivity (Wildman–Crippen MR) is 235 cm³/mol. The average Bonchev–Trinajstić information content (AvgIpc) is 3.70. The first kappa shape index (κ1) is 33.5. The molecule has 0 amide bonds. The lowest BCUT2D eigenvalue weighted by Gasteiger charge is -2.20. The van der Waals surface area contributed by atoms with E-state index in [0.29, 0.717) is 0 Å². The normalized spacial score (nSPS) is 13.9. The van der Waals surface area contributed by atoms with Crippen molar-refractivity contribution in [3.05, 3.63) is 182 Å². The molecule has 3 heterocycles. The van der Waals surface area contributed by atoms with Crippen LogP contribution in [0.2, 0.25) is 0 Å². The number of fused-ring (bicyclic) bond motifs is 13. The van der Waals surface area contributed by atoms with E-state index in [4.69, 9.17) is 6.58 Å². The molecule has 0 saturated carbocycles. The molecule has 2 heteroatoms. The zero-order valence-corrected chi connectivity index (χ0v) is 31.3. The number of benzene rings is 7. The number of para-hydroxylation sites is 2. The van der Waals surface area contributed by atoms with Crippen molar-refractivity contribution >= 4 is 60.1 Å². The van der Waals surface area contributed by atoms with Gasteiger partial charge in [-0.2, -0.15) is 0 Å². The van der Waals surface area contributed by atoms with Gasteiger partial charge in [0, 0.05) is 44.3 Å². The first-order chi connectivity index (χ1) is 26.6. The second-order valence-electron chi connectivity index (χ2n) is 14.5. The molecular formula is C52H44N2. The summed E-state index contributed by atoms with van der Waals surface area (Å²) in [5, 5.41) is 7.65. The van der Waals surface area contributed by atoms with Gasteiger partial charge in [0.25, 0.3) is 0 Å². The SMILES string of the molecule is C=C(C1C=CC=CC1)n1c2cc3c(cc2c2c4ccccc4ccc21)-n1c2ccccc2c2cccc(c21)-c1ccccc1-3.CCC.Cc1ccccc1. The Balaban J connectivity index is 0.000000340. The molecule has 1 atom stereocenters. The van der Waals surface area contributed by atoms with E-state index in [1.54, 1.807) is 0 Å². The summed E-state index contributed by atoms with van der Waals surface area (Å²) < 4.78 is 4.96. The van der Waals surface area contributed by atoms with Gasteiger partial charge in [-0.1, -0.05) is 178 Å². The highest BCUT2D eigenvalue weighted by Gasteiger charge is 2.27. The van der Waals surface area contributed by atoms with Crippen molar-refractivity contribution in [2.75, 3.05) is 0 Å². The van der Waals surface area contributed by atoms with E-state index in [1.807, 2.05) is 18.2 Å². The zero-order valence-electron chi connectivity index (χ0n) is 31.3. The summed E-state index contributed by atoms with van der Waals surface area (Å²) in [4.78, 5) is 0. The molecular weight excluding hydrogens is 653 g/mol. The van der Waals surface area contributed by atoms with Gasteiger partial charge >= 0.3 is 0 Å². The van der Waals surface area contributed by atoms with Crippen LogP contribution in [0, 0.1) is 12.8 Å². The van der Waals surface area contributed by atoms with Gasteiger partial charge in [0.1, 0.15) is 0 Å². The van der Waals surface area contributed by atoms with Gasteiger partial charge in [-0.3, -0.25) is 0 Å². The quantitative estimate of drug-likeness (QED) is 0.170. The Morgan fingerprint density at radius 2 is 1.26 bits per heavy atom. The fourth-order valence-electron chi connectivity index (χ4n) is 8.50. The zero-order chi connectivity index (χ0) is 36.8. The fraction of sp³-hybridized carbons (Fsp3) is 0.115. The maximum Gasteiger partial charge on any atom is 0.0619 e. The van der Waals surface area contributed by atoms with Crippen molar-refractivity contribution in [1.82, 2.24) is 9.13 Å². The first-order valence-electron chi connectivity index (χ1n) is 19.3. The van der Waals surface area contributed by atoms with E-state index in [-0.39, 0.29) is 5.92 Å². The third kappa shape index (κ3) is 5.41. The highest BCUT2D eigenvalue weighted by molar-refractivity contribution is 6.24. The smallest absolute Gasteiger partial charge is 0.0619 e. The molecule has 262 valence electrons. The molecule has 0 bridgehead atoms. The molecule has 9 aromatic rings. The third-order valence-electron chi connectivity index (χ3n) is 10.9. The molecule has 2 aromatic heterocycles. The van der Waals surface area contributed by atoms with Crippen molar-refractivity contribution in [2.24, 2.45) is 5.92 Å². The second-order valence-corrected chi connectivity index (χ2v) is 14.5. The summed E-state index contributed by atoms with van der Waals surface area (Å²) in [5.41, 5.74) is 13.6. The number of rotatable bonds is 2. The minimum absolute atomic E-state index is 0.244. The van der Waals surface area contributed by atoms with E-state index in [1.165, 1.54) is 94.3 Å². The number of aryl methyl sites for hydroxylation is 1. The molecule has 2 nitrogen and oxygen atoms in total. The van der Waals surface area contributed by atoms with Crippen LogP contribution in [0.25, 0.3) is 88.0 Å². The number of hydrogen-bond acceptors (Lipinski definition) is 0. The highest BCUT2D eigenvalue weighted by atomic mass is 15.0. The average molecular weight is 697 g/mol. The van der Waals surface area contributed by atoms with Crippen LogP contribution < -0.4 is 0 Å². The molecule has 11 rings (SSSR count). The Hall–Kier alpha value is -6.38. The molecule has 1 aliphatic heterocycles. The van der Waals surface area contributed by atoms with Gasteiger partial charge in [-0.05, 0) is 59.5 Å². The number of allylic oxidation sites excluding steroid dienone is 5. The topological polar surface area (TPSA) is 9.86 Å². The molecule has 7 aromatic carbocycles. The number of hydrogen-bond donors (Lipinski definition) is 0. The van der Waals surface area contributed by atoms with E-state index < -0.39 is 0 Å². The van der Waals surface area contributed by atoms with Gasteiger partial charge in [0.2, 0.25) is 0 Å². The maximum absolute atomic E-state index is 4.75. The van der Waals surface area contributed by atoms with Crippen molar-refractivity contribution in [1.29, 1.82) is 0 Å². The largest absolute Gasteiger partial charge is 0.313 e. The van der Waals surface area contributed by atoms with Crippen molar-refractivity contribution in [2.45, 2.75) is 33.6 Å². The first-order valence-corrected chi connectivity index (χ1v) is 19.3. The van der Waals surface area contributed by atoms with E-state index in [2.05, 4.69) is 182 Å². The Kier molecular flexibility index (Phi) is 8.60. The molecule has 2 aliphatic rings. The molecule has 0 radical (unpaired) electrons. The lowest BCUT2D eigenvalue weighted by atomic mass is 9.93. The predicted octanol–water partition coefficient (Wildman–Crippen LogP) is 14.7. The van der Waals surface area contributed by atoms with Gasteiger partial charge in [-0.15, -0.1) is 0 Å². The van der Waals surface area contributed by atoms with Gasteiger partial charge < -0.3 is 9.13 Å². The van der Waals surface area contributed by atoms with E-state index in [0.717, 1.165) is 12.1 Å². The molecule has 54 heavy (non-hydrogen) atoms. The highest BCUT2D eigenvalue weighted by Crippen LogP contribution is 2.49. The minimum atomic E-state index is 0.244. The van der Waals surface area contributed by atoms with Crippen LogP contribution in [0.3, 0.4) is 0 Å². The molecule has 1 aliphatic carbocycles. The van der Waals surface area contributed by atoms with Crippen molar-refractivity contribution in [3.8, 4) is 27.9 Å². The van der Waals surface area contributed by atoms with Crippen LogP contribution in [-0.2, 0) is 0 Å². The van der Waals surface area contributed by atoms with Crippen LogP contribution in [0.1, 0.15) is 32.3 Å². The second kappa shape index (κ2) is 13.9. The summed E-state index contributed by atoms with van der Waals surface area (Å²) in [6.07, 6.45) is 11.0. The monoisotopic (exact) mass is 696 g/mol. The van der Waals surface area contributed by atoms with Crippen LogP contribution in [0.5, 0.6) is 0 Å². The summed E-state index contributed by atoms with van der Waals surface area (Å²) in [5.74, 6) is 0.244. The van der Waals surface area contributed by atoms with Crippen LogP contribution in [0.4, 0.5) is 0 Å². The molecule has 0 fully saturated rings.